The number of carbonyl (C=O) groups is 3. The number of hydrazine groups is 1. The van der Waals surface area contributed by atoms with E-state index in [9.17, 15) is 18.8 Å². The number of nitrogens with zero attached hydrogens (tertiary/aromatic N) is 4. The van der Waals surface area contributed by atoms with Crippen molar-refractivity contribution in [2.75, 3.05) is 6.54 Å². The molecule has 3 amide bonds. The van der Waals surface area contributed by atoms with Crippen molar-refractivity contribution in [2.24, 2.45) is 0 Å². The summed E-state index contributed by atoms with van der Waals surface area (Å²) in [4.78, 5) is 40.8. The van der Waals surface area contributed by atoms with Crippen molar-refractivity contribution in [1.29, 1.82) is 0 Å². The molecule has 1 heterocycles. The summed E-state index contributed by atoms with van der Waals surface area (Å²) in [6, 6.07) is 9.88. The highest BCUT2D eigenvalue weighted by molar-refractivity contribution is 5.98. The summed E-state index contributed by atoms with van der Waals surface area (Å²) < 4.78 is 13.0. The highest BCUT2D eigenvalue weighted by Gasteiger charge is 2.25. The Morgan fingerprint density at radius 1 is 1.06 bits per heavy atom. The van der Waals surface area contributed by atoms with Gasteiger partial charge in [-0.25, -0.2) is 4.39 Å². The topological polar surface area (TPSA) is 109 Å². The fraction of sp³-hybridized carbons (Fsp3) is 0.261. The lowest BCUT2D eigenvalue weighted by Gasteiger charge is -2.28. The molecule has 0 saturated heterocycles. The number of aryl methyl sites for hydroxylation is 1. The first kappa shape index (κ1) is 23.6. The Morgan fingerprint density at radius 2 is 1.73 bits per heavy atom. The quantitative estimate of drug-likeness (QED) is 0.535. The molecule has 3 aromatic rings. The van der Waals surface area contributed by atoms with Crippen LogP contribution in [0.3, 0.4) is 0 Å². The Kier molecular flexibility index (Phi) is 7.50. The Labute approximate surface area is 190 Å². The molecule has 0 aliphatic heterocycles. The van der Waals surface area contributed by atoms with Crippen LogP contribution in [0.25, 0.3) is 5.69 Å². The predicted molar refractivity (Wildman–Crippen MR) is 119 cm³/mol. The van der Waals surface area contributed by atoms with Crippen LogP contribution in [0.2, 0.25) is 0 Å². The molecule has 9 nitrogen and oxygen atoms in total. The molecule has 0 spiro atoms. The third-order valence-corrected chi connectivity index (χ3v) is 5.05. The number of benzene rings is 2. The molecule has 172 valence electrons. The van der Waals surface area contributed by atoms with Gasteiger partial charge in [0.1, 0.15) is 5.82 Å². The summed E-state index contributed by atoms with van der Waals surface area (Å²) in [5.74, 6) is -1.77. The number of aromatic nitrogens is 3. The number of nitrogens with one attached hydrogen (secondary N) is 2. The molecule has 33 heavy (non-hydrogen) atoms. The van der Waals surface area contributed by atoms with E-state index in [-0.39, 0.29) is 17.9 Å². The van der Waals surface area contributed by atoms with E-state index in [0.29, 0.717) is 17.8 Å². The van der Waals surface area contributed by atoms with E-state index in [1.807, 2.05) is 19.9 Å². The van der Waals surface area contributed by atoms with Crippen LogP contribution in [0.1, 0.15) is 46.5 Å². The van der Waals surface area contributed by atoms with E-state index in [4.69, 9.17) is 0 Å². The van der Waals surface area contributed by atoms with Crippen LogP contribution in [0, 0.1) is 12.7 Å². The minimum atomic E-state index is -0.574. The maximum Gasteiger partial charge on any atom is 0.269 e. The number of rotatable bonds is 7. The summed E-state index contributed by atoms with van der Waals surface area (Å²) in [6.45, 7) is 5.83. The average molecular weight is 452 g/mol. The fourth-order valence-corrected chi connectivity index (χ4v) is 3.38. The zero-order valence-electron chi connectivity index (χ0n) is 18.6. The monoisotopic (exact) mass is 452 g/mol. The molecular formula is C23H25FN6O3. The van der Waals surface area contributed by atoms with Gasteiger partial charge in [0.25, 0.3) is 11.8 Å². The minimum Gasteiger partial charge on any atom is -0.336 e. The fourth-order valence-electron chi connectivity index (χ4n) is 3.38. The second kappa shape index (κ2) is 10.5. The van der Waals surface area contributed by atoms with Gasteiger partial charge >= 0.3 is 0 Å². The zero-order chi connectivity index (χ0) is 24.0. The maximum absolute atomic E-state index is 13.4. The van der Waals surface area contributed by atoms with Crippen molar-refractivity contribution >= 4 is 17.7 Å². The lowest BCUT2D eigenvalue weighted by molar-refractivity contribution is -0.122. The number of halogens is 1. The highest BCUT2D eigenvalue weighted by Crippen LogP contribution is 2.19. The molecule has 0 unspecified atom stereocenters. The van der Waals surface area contributed by atoms with Gasteiger partial charge in [-0.3, -0.25) is 25.2 Å². The molecule has 2 N–H and O–H groups in total. The second-order valence-corrected chi connectivity index (χ2v) is 7.49. The molecule has 3 rings (SSSR count). The van der Waals surface area contributed by atoms with Gasteiger partial charge in [-0.1, -0.05) is 11.6 Å². The smallest absolute Gasteiger partial charge is 0.269 e. The summed E-state index contributed by atoms with van der Waals surface area (Å²) in [5, 5.41) is 8.24. The zero-order valence-corrected chi connectivity index (χ0v) is 18.6. The normalized spacial score (nSPS) is 11.5. The van der Waals surface area contributed by atoms with Crippen LogP contribution in [0.15, 0.2) is 54.9 Å². The van der Waals surface area contributed by atoms with Gasteiger partial charge in [0, 0.05) is 24.6 Å². The lowest BCUT2D eigenvalue weighted by atomic mass is 10.1. The first-order valence-corrected chi connectivity index (χ1v) is 10.4. The Hall–Kier alpha value is -4.08. The number of carbonyl (C=O) groups excluding carboxylic acids is 3. The molecular weight excluding hydrogens is 427 g/mol. The molecule has 1 atom stereocenters. The summed E-state index contributed by atoms with van der Waals surface area (Å²) in [5.41, 5.74) is 6.69. The van der Waals surface area contributed by atoms with Crippen LogP contribution < -0.4 is 10.9 Å². The van der Waals surface area contributed by atoms with E-state index < -0.39 is 23.7 Å². The standard InChI is InChI=1S/C23H25FN6O3/c1-4-29(23(33)19-13-15(2)5-10-20(19)30-25-11-12-26-30)16(3)14-21(31)27-28-22(32)17-6-8-18(24)9-7-17/h5-13,16H,4,14H2,1-3H3,(H,27,31)(H,28,32)/t16-/m0/s1. The SMILES string of the molecule is CCN(C(=O)c1cc(C)ccc1-n1nccn1)[C@@H](C)CC(=O)NNC(=O)c1ccc(F)cc1. The van der Waals surface area contributed by atoms with E-state index in [1.54, 1.807) is 24.0 Å². The molecule has 0 fully saturated rings. The summed E-state index contributed by atoms with van der Waals surface area (Å²) >= 11 is 0. The van der Waals surface area contributed by atoms with Gasteiger partial charge in [-0.15, -0.1) is 0 Å². The number of hydrogen-bond acceptors (Lipinski definition) is 5. The van der Waals surface area contributed by atoms with Crippen LogP contribution >= 0.6 is 0 Å². The van der Waals surface area contributed by atoms with Crippen LogP contribution in [-0.2, 0) is 4.79 Å². The molecule has 0 radical (unpaired) electrons. The highest BCUT2D eigenvalue weighted by atomic mass is 19.1. The molecule has 1 aromatic heterocycles. The molecule has 0 bridgehead atoms. The van der Waals surface area contributed by atoms with E-state index >= 15 is 0 Å². The Morgan fingerprint density at radius 3 is 2.36 bits per heavy atom. The van der Waals surface area contributed by atoms with E-state index in [1.165, 1.54) is 29.3 Å². The maximum atomic E-state index is 13.4. The lowest BCUT2D eigenvalue weighted by Crippen LogP contribution is -2.46. The third-order valence-electron chi connectivity index (χ3n) is 5.05. The first-order chi connectivity index (χ1) is 15.8. The van der Waals surface area contributed by atoms with Crippen molar-refractivity contribution in [3.63, 3.8) is 0 Å². The van der Waals surface area contributed by atoms with Gasteiger partial charge in [0.05, 0.1) is 23.6 Å². The number of hydrogen-bond donors (Lipinski definition) is 2. The first-order valence-electron chi connectivity index (χ1n) is 10.4. The van der Waals surface area contributed by atoms with Gasteiger partial charge in [0.15, 0.2) is 0 Å². The van der Waals surface area contributed by atoms with Crippen LogP contribution in [-0.4, -0.2) is 50.2 Å². The Balaban J connectivity index is 1.66. The van der Waals surface area contributed by atoms with Crippen molar-refractivity contribution in [2.45, 2.75) is 33.2 Å². The largest absolute Gasteiger partial charge is 0.336 e. The second-order valence-electron chi connectivity index (χ2n) is 7.49. The summed E-state index contributed by atoms with van der Waals surface area (Å²) in [7, 11) is 0. The van der Waals surface area contributed by atoms with Crippen molar-refractivity contribution in [3.8, 4) is 5.69 Å². The van der Waals surface area contributed by atoms with Gasteiger partial charge in [0.2, 0.25) is 5.91 Å². The molecule has 0 aliphatic carbocycles. The van der Waals surface area contributed by atoms with E-state index in [2.05, 4.69) is 21.0 Å². The van der Waals surface area contributed by atoms with E-state index in [0.717, 1.165) is 17.7 Å². The Bertz CT molecular complexity index is 1130. The van der Waals surface area contributed by atoms with Gasteiger partial charge < -0.3 is 4.90 Å². The number of amides is 3. The van der Waals surface area contributed by atoms with Crippen molar-refractivity contribution in [3.05, 3.63) is 77.4 Å². The van der Waals surface area contributed by atoms with Gasteiger partial charge in [-0.2, -0.15) is 15.0 Å². The average Bonchev–Trinajstić information content (AvgIpc) is 3.33. The third kappa shape index (κ3) is 5.79. The van der Waals surface area contributed by atoms with Crippen LogP contribution in [0.4, 0.5) is 4.39 Å². The predicted octanol–water partition coefficient (Wildman–Crippen LogP) is 2.42. The summed E-state index contributed by atoms with van der Waals surface area (Å²) in [6.07, 6.45) is 3.02. The molecule has 0 saturated carbocycles. The minimum absolute atomic E-state index is 0.0373. The molecule has 2 aromatic carbocycles. The van der Waals surface area contributed by atoms with Crippen molar-refractivity contribution < 1.29 is 18.8 Å². The molecule has 0 aliphatic rings. The molecule has 10 heteroatoms. The van der Waals surface area contributed by atoms with Crippen LogP contribution in [0.5, 0.6) is 0 Å². The van der Waals surface area contributed by atoms with Gasteiger partial charge in [-0.05, 0) is 57.2 Å². The van der Waals surface area contributed by atoms with Crippen molar-refractivity contribution in [1.82, 2.24) is 30.7 Å².